The summed E-state index contributed by atoms with van der Waals surface area (Å²) < 4.78 is 6.42. The van der Waals surface area contributed by atoms with Gasteiger partial charge in [0.2, 0.25) is 0 Å². The van der Waals surface area contributed by atoms with Gasteiger partial charge in [-0.2, -0.15) is 0 Å². The Morgan fingerprint density at radius 2 is 1.81 bits per heavy atom. The minimum Gasteiger partial charge on any atom is -0.507 e. The van der Waals surface area contributed by atoms with Gasteiger partial charge in [0.1, 0.15) is 5.76 Å². The van der Waals surface area contributed by atoms with E-state index in [0.29, 0.717) is 23.5 Å². The van der Waals surface area contributed by atoms with Crippen LogP contribution in [0.3, 0.4) is 0 Å². The Hall–Kier alpha value is -4.26. The highest BCUT2D eigenvalue weighted by Gasteiger charge is 2.17. The van der Waals surface area contributed by atoms with Crippen LogP contribution in [0, 0.1) is 0 Å². The van der Waals surface area contributed by atoms with Crippen molar-refractivity contribution >= 4 is 39.3 Å². The van der Waals surface area contributed by atoms with E-state index >= 15 is 0 Å². The van der Waals surface area contributed by atoms with Crippen molar-refractivity contribution in [3.8, 4) is 0 Å². The fourth-order valence-electron chi connectivity index (χ4n) is 3.49. The summed E-state index contributed by atoms with van der Waals surface area (Å²) in [5, 5.41) is 11.9. The lowest BCUT2D eigenvalue weighted by Gasteiger charge is -2.13. The Labute approximate surface area is 183 Å². The smallest absolute Gasteiger partial charge is 0.379 e. The SMILES string of the molecule is CCOC(=O)C(=O)C=C(O)c1cn(Cc2ccc3ccccc3n2)c2ccccc2c1=O. The molecule has 7 nitrogen and oxygen atoms in total. The van der Waals surface area contributed by atoms with Crippen LogP contribution < -0.4 is 5.43 Å². The molecule has 4 aromatic rings. The number of hydrogen-bond acceptors (Lipinski definition) is 6. The van der Waals surface area contributed by atoms with Gasteiger partial charge in [-0.1, -0.05) is 36.4 Å². The first-order valence-electron chi connectivity index (χ1n) is 10.1. The van der Waals surface area contributed by atoms with Gasteiger partial charge in [-0.3, -0.25) is 14.6 Å². The number of pyridine rings is 2. The number of fused-ring (bicyclic) bond motifs is 2. The topological polar surface area (TPSA) is 98.5 Å². The highest BCUT2D eigenvalue weighted by molar-refractivity contribution is 6.39. The molecule has 0 saturated carbocycles. The van der Waals surface area contributed by atoms with Crippen LogP contribution in [0.1, 0.15) is 18.2 Å². The molecule has 0 spiro atoms. The van der Waals surface area contributed by atoms with Crippen LogP contribution in [0.5, 0.6) is 0 Å². The summed E-state index contributed by atoms with van der Waals surface area (Å²) in [5.74, 6) is -2.74. The summed E-state index contributed by atoms with van der Waals surface area (Å²) in [6.07, 6.45) is 2.17. The third-order valence-electron chi connectivity index (χ3n) is 5.00. The minimum absolute atomic E-state index is 0.0285. The fourth-order valence-corrected chi connectivity index (χ4v) is 3.49. The molecule has 0 aliphatic heterocycles. The molecule has 0 amide bonds. The standard InChI is InChI=1S/C25H20N2O5/c1-2-32-25(31)23(29)13-22(28)19-15-27(21-10-6-4-8-18(21)24(19)30)14-17-12-11-16-7-3-5-9-20(16)26-17/h3-13,15,28H,2,14H2,1H3. The monoisotopic (exact) mass is 428 g/mol. The summed E-state index contributed by atoms with van der Waals surface area (Å²) in [7, 11) is 0. The lowest BCUT2D eigenvalue weighted by atomic mass is 10.1. The zero-order valence-electron chi connectivity index (χ0n) is 17.3. The fraction of sp³-hybridized carbons (Fsp3) is 0.120. The van der Waals surface area contributed by atoms with Gasteiger partial charge in [-0.05, 0) is 31.2 Å². The maximum absolute atomic E-state index is 13.0. The summed E-state index contributed by atoms with van der Waals surface area (Å²) >= 11 is 0. The lowest BCUT2D eigenvalue weighted by Crippen LogP contribution is -2.18. The van der Waals surface area contributed by atoms with Crippen LogP contribution in [0.2, 0.25) is 0 Å². The van der Waals surface area contributed by atoms with Crippen molar-refractivity contribution in [2.75, 3.05) is 6.61 Å². The molecular formula is C25H20N2O5. The Bertz CT molecular complexity index is 1440. The molecule has 0 aliphatic carbocycles. The van der Waals surface area contributed by atoms with Crippen molar-refractivity contribution in [3.05, 3.63) is 94.4 Å². The van der Waals surface area contributed by atoms with Gasteiger partial charge in [0.05, 0.1) is 35.4 Å². The third-order valence-corrected chi connectivity index (χ3v) is 5.00. The Morgan fingerprint density at radius 3 is 2.62 bits per heavy atom. The van der Waals surface area contributed by atoms with Gasteiger partial charge >= 0.3 is 5.97 Å². The molecule has 0 unspecified atom stereocenters. The van der Waals surface area contributed by atoms with Gasteiger partial charge in [0.25, 0.3) is 5.78 Å². The lowest BCUT2D eigenvalue weighted by molar-refractivity contribution is -0.151. The zero-order valence-corrected chi connectivity index (χ0v) is 17.3. The summed E-state index contributed by atoms with van der Waals surface area (Å²) in [6, 6.07) is 18.6. The molecule has 0 fully saturated rings. The quantitative estimate of drug-likeness (QED) is 0.218. The van der Waals surface area contributed by atoms with Crippen LogP contribution >= 0.6 is 0 Å². The average molecular weight is 428 g/mol. The van der Waals surface area contributed by atoms with Crippen LogP contribution in [-0.2, 0) is 20.9 Å². The van der Waals surface area contributed by atoms with Crippen molar-refractivity contribution in [3.63, 3.8) is 0 Å². The number of esters is 1. The first-order valence-corrected chi connectivity index (χ1v) is 10.1. The van der Waals surface area contributed by atoms with Gasteiger partial charge in [-0.25, -0.2) is 4.79 Å². The van der Waals surface area contributed by atoms with E-state index < -0.39 is 22.9 Å². The number of ketones is 1. The highest BCUT2D eigenvalue weighted by Crippen LogP contribution is 2.18. The molecule has 2 aromatic carbocycles. The van der Waals surface area contributed by atoms with E-state index in [2.05, 4.69) is 9.72 Å². The first-order chi connectivity index (χ1) is 15.5. The molecule has 160 valence electrons. The summed E-state index contributed by atoms with van der Waals surface area (Å²) in [5.41, 5.74) is 1.71. The Kier molecular flexibility index (Phi) is 5.81. The predicted octanol–water partition coefficient (Wildman–Crippen LogP) is 3.63. The molecule has 0 radical (unpaired) electrons. The molecule has 4 rings (SSSR count). The average Bonchev–Trinajstić information content (AvgIpc) is 2.81. The van der Waals surface area contributed by atoms with Gasteiger partial charge in [0.15, 0.2) is 5.43 Å². The highest BCUT2D eigenvalue weighted by atomic mass is 16.5. The van der Waals surface area contributed by atoms with Crippen molar-refractivity contribution in [2.24, 2.45) is 0 Å². The molecule has 7 heteroatoms. The summed E-state index contributed by atoms with van der Waals surface area (Å²) in [6.45, 7) is 1.93. The first kappa shape index (κ1) is 21.0. The Balaban J connectivity index is 1.80. The molecule has 0 aliphatic rings. The van der Waals surface area contributed by atoms with E-state index in [1.165, 1.54) is 6.20 Å². The van der Waals surface area contributed by atoms with Gasteiger partial charge < -0.3 is 14.4 Å². The van der Waals surface area contributed by atoms with Gasteiger partial charge in [0, 0.05) is 23.0 Å². The number of rotatable bonds is 6. The normalized spacial score (nSPS) is 11.6. The van der Waals surface area contributed by atoms with Crippen LogP contribution in [-0.4, -0.2) is 33.0 Å². The zero-order chi connectivity index (χ0) is 22.7. The molecular weight excluding hydrogens is 408 g/mol. The van der Waals surface area contributed by atoms with E-state index in [1.54, 1.807) is 29.7 Å². The molecule has 1 N–H and O–H groups in total. The second-order valence-corrected chi connectivity index (χ2v) is 7.13. The molecule has 0 atom stereocenters. The van der Waals surface area contributed by atoms with Crippen molar-refractivity contribution in [2.45, 2.75) is 13.5 Å². The number of ether oxygens (including phenoxy) is 1. The van der Waals surface area contributed by atoms with E-state index in [1.807, 2.05) is 42.5 Å². The van der Waals surface area contributed by atoms with Gasteiger partial charge in [-0.15, -0.1) is 0 Å². The van der Waals surface area contributed by atoms with Crippen LogP contribution in [0.25, 0.3) is 27.6 Å². The Morgan fingerprint density at radius 1 is 1.06 bits per heavy atom. The van der Waals surface area contributed by atoms with Crippen molar-refractivity contribution in [1.82, 2.24) is 9.55 Å². The maximum Gasteiger partial charge on any atom is 0.379 e. The largest absolute Gasteiger partial charge is 0.507 e. The van der Waals surface area contributed by atoms with Crippen LogP contribution in [0.4, 0.5) is 0 Å². The number of carbonyl (C=O) groups is 2. The van der Waals surface area contributed by atoms with E-state index in [0.717, 1.165) is 16.6 Å². The van der Waals surface area contributed by atoms with E-state index in [4.69, 9.17) is 0 Å². The van der Waals surface area contributed by atoms with E-state index in [-0.39, 0.29) is 12.2 Å². The molecule has 2 aromatic heterocycles. The number of aliphatic hydroxyl groups excluding tert-OH is 1. The maximum atomic E-state index is 13.0. The number of hydrogen-bond donors (Lipinski definition) is 1. The minimum atomic E-state index is -1.10. The van der Waals surface area contributed by atoms with Crippen molar-refractivity contribution < 1.29 is 19.4 Å². The molecule has 0 bridgehead atoms. The number of aliphatic hydroxyl groups is 1. The summed E-state index contributed by atoms with van der Waals surface area (Å²) in [4.78, 5) is 41.2. The second-order valence-electron chi connectivity index (χ2n) is 7.13. The number of benzene rings is 2. The van der Waals surface area contributed by atoms with Crippen LogP contribution in [0.15, 0.2) is 77.7 Å². The third kappa shape index (κ3) is 4.13. The number of carbonyl (C=O) groups excluding carboxylic acids is 2. The molecule has 2 heterocycles. The number of para-hydroxylation sites is 2. The number of aromatic nitrogens is 2. The molecule has 0 saturated heterocycles. The molecule has 32 heavy (non-hydrogen) atoms. The second kappa shape index (κ2) is 8.85. The van der Waals surface area contributed by atoms with E-state index in [9.17, 15) is 19.5 Å². The van der Waals surface area contributed by atoms with Crippen molar-refractivity contribution in [1.29, 1.82) is 0 Å². The number of nitrogens with zero attached hydrogens (tertiary/aromatic N) is 2. The predicted molar refractivity (Wildman–Crippen MR) is 121 cm³/mol.